The van der Waals surface area contributed by atoms with Crippen molar-refractivity contribution < 1.29 is 14.7 Å². The van der Waals surface area contributed by atoms with Crippen LogP contribution in [0, 0.1) is 0 Å². The van der Waals surface area contributed by atoms with Gasteiger partial charge in [0.05, 0.1) is 6.54 Å². The Balaban J connectivity index is 2.22. The molecule has 112 valence electrons. The molecule has 0 atom stereocenters. The Labute approximate surface area is 127 Å². The lowest BCUT2D eigenvalue weighted by Crippen LogP contribution is -2.37. The van der Waals surface area contributed by atoms with Crippen LogP contribution in [0.3, 0.4) is 0 Å². The van der Waals surface area contributed by atoms with Crippen LogP contribution in [0.5, 0.6) is 0 Å². The van der Waals surface area contributed by atoms with Gasteiger partial charge in [0, 0.05) is 17.1 Å². The summed E-state index contributed by atoms with van der Waals surface area (Å²) in [7, 11) is 0. The van der Waals surface area contributed by atoms with Gasteiger partial charge in [-0.05, 0) is 37.4 Å². The number of hydrogen-bond donors (Lipinski definition) is 1. The first-order valence-corrected chi connectivity index (χ1v) is 7.57. The minimum atomic E-state index is -0.963. The number of amides is 1. The molecule has 0 saturated heterocycles. The van der Waals surface area contributed by atoms with Gasteiger partial charge >= 0.3 is 5.97 Å². The molecule has 0 spiro atoms. The van der Waals surface area contributed by atoms with E-state index in [0.717, 1.165) is 4.88 Å². The number of thiophene rings is 1. The Morgan fingerprint density at radius 1 is 1.33 bits per heavy atom. The van der Waals surface area contributed by atoms with Crippen molar-refractivity contribution in [3.8, 4) is 0 Å². The number of hydrogen-bond acceptors (Lipinski definition) is 3. The van der Waals surface area contributed by atoms with Crippen molar-refractivity contribution in [3.63, 3.8) is 0 Å². The maximum atomic E-state index is 12.7. The van der Waals surface area contributed by atoms with E-state index in [1.807, 2.05) is 31.4 Å². The molecule has 21 heavy (non-hydrogen) atoms. The van der Waals surface area contributed by atoms with E-state index in [9.17, 15) is 9.59 Å². The zero-order valence-electron chi connectivity index (χ0n) is 12.0. The third kappa shape index (κ3) is 3.72. The number of aromatic nitrogens is 1. The van der Waals surface area contributed by atoms with E-state index in [0.29, 0.717) is 12.2 Å². The van der Waals surface area contributed by atoms with E-state index in [1.54, 1.807) is 34.6 Å². The van der Waals surface area contributed by atoms with Crippen LogP contribution in [0.4, 0.5) is 0 Å². The van der Waals surface area contributed by atoms with Crippen LogP contribution in [0.15, 0.2) is 35.8 Å². The average Bonchev–Trinajstić information content (AvgIpc) is 3.05. The summed E-state index contributed by atoms with van der Waals surface area (Å²) in [5, 5.41) is 10.9. The molecular weight excluding hydrogens is 288 g/mol. The lowest BCUT2D eigenvalue weighted by Gasteiger charge is -2.26. The van der Waals surface area contributed by atoms with Gasteiger partial charge in [0.2, 0.25) is 0 Å². The number of carbonyl (C=O) groups excluding carboxylic acids is 1. The highest BCUT2D eigenvalue weighted by molar-refractivity contribution is 7.09. The van der Waals surface area contributed by atoms with Crippen LogP contribution in [-0.2, 0) is 17.9 Å². The molecule has 0 radical (unpaired) electrons. The van der Waals surface area contributed by atoms with E-state index in [2.05, 4.69) is 0 Å². The zero-order chi connectivity index (χ0) is 15.4. The summed E-state index contributed by atoms with van der Waals surface area (Å²) in [6.07, 6.45) is 1.62. The van der Waals surface area contributed by atoms with Gasteiger partial charge < -0.3 is 14.6 Å². The van der Waals surface area contributed by atoms with Crippen molar-refractivity contribution in [1.82, 2.24) is 9.47 Å². The number of nitrogens with zero attached hydrogens (tertiary/aromatic N) is 2. The monoisotopic (exact) mass is 306 g/mol. The van der Waals surface area contributed by atoms with E-state index < -0.39 is 5.97 Å². The molecule has 2 aromatic rings. The van der Waals surface area contributed by atoms with Gasteiger partial charge in [-0.25, -0.2) is 0 Å². The molecule has 0 aliphatic rings. The van der Waals surface area contributed by atoms with E-state index in [4.69, 9.17) is 5.11 Å². The second-order valence-electron chi connectivity index (χ2n) is 5.02. The van der Waals surface area contributed by atoms with Gasteiger partial charge in [0.1, 0.15) is 12.2 Å². The second kappa shape index (κ2) is 6.58. The lowest BCUT2D eigenvalue weighted by atomic mass is 10.2. The van der Waals surface area contributed by atoms with Gasteiger partial charge in [0.15, 0.2) is 0 Å². The smallest absolute Gasteiger partial charge is 0.323 e. The first kappa shape index (κ1) is 15.3. The number of carbonyl (C=O) groups is 2. The van der Waals surface area contributed by atoms with Crippen LogP contribution in [0.2, 0.25) is 0 Å². The Morgan fingerprint density at radius 2 is 2.10 bits per heavy atom. The SMILES string of the molecule is CC(C)N(Cc1cccs1)C(=O)c1cccn1CC(=O)O. The topological polar surface area (TPSA) is 62.5 Å². The molecular formula is C15H18N2O3S. The Hall–Kier alpha value is -2.08. The quantitative estimate of drug-likeness (QED) is 0.892. The summed E-state index contributed by atoms with van der Waals surface area (Å²) in [4.78, 5) is 26.4. The highest BCUT2D eigenvalue weighted by atomic mass is 32.1. The summed E-state index contributed by atoms with van der Waals surface area (Å²) in [5.41, 5.74) is 0.405. The molecule has 0 saturated carbocycles. The zero-order valence-corrected chi connectivity index (χ0v) is 12.8. The highest BCUT2D eigenvalue weighted by Gasteiger charge is 2.22. The number of carboxylic acids is 1. The van der Waals surface area contributed by atoms with Crippen LogP contribution in [-0.4, -0.2) is 32.5 Å². The average molecular weight is 306 g/mol. The molecule has 2 heterocycles. The lowest BCUT2D eigenvalue weighted by molar-refractivity contribution is -0.137. The predicted molar refractivity (Wildman–Crippen MR) is 81.4 cm³/mol. The van der Waals surface area contributed by atoms with Gasteiger partial charge in [0.25, 0.3) is 5.91 Å². The molecule has 6 heteroatoms. The number of carboxylic acid groups (broad SMARTS) is 1. The first-order chi connectivity index (χ1) is 9.99. The van der Waals surface area contributed by atoms with Crippen LogP contribution >= 0.6 is 11.3 Å². The molecule has 0 unspecified atom stereocenters. The van der Waals surface area contributed by atoms with Crippen molar-refractivity contribution in [2.45, 2.75) is 33.0 Å². The Morgan fingerprint density at radius 3 is 2.67 bits per heavy atom. The van der Waals surface area contributed by atoms with Crippen molar-refractivity contribution >= 4 is 23.2 Å². The first-order valence-electron chi connectivity index (χ1n) is 6.69. The molecule has 1 N–H and O–H groups in total. The van der Waals surface area contributed by atoms with Crippen molar-refractivity contribution in [3.05, 3.63) is 46.4 Å². The van der Waals surface area contributed by atoms with E-state index in [1.165, 1.54) is 4.57 Å². The van der Waals surface area contributed by atoms with Gasteiger partial charge in [-0.3, -0.25) is 9.59 Å². The van der Waals surface area contributed by atoms with E-state index in [-0.39, 0.29) is 18.5 Å². The molecule has 0 aromatic carbocycles. The van der Waals surface area contributed by atoms with Crippen LogP contribution < -0.4 is 0 Å². The van der Waals surface area contributed by atoms with Gasteiger partial charge in [-0.1, -0.05) is 6.07 Å². The molecule has 2 rings (SSSR count). The van der Waals surface area contributed by atoms with Crippen molar-refractivity contribution in [2.24, 2.45) is 0 Å². The third-order valence-electron chi connectivity index (χ3n) is 3.14. The third-order valence-corrected chi connectivity index (χ3v) is 4.01. The standard InChI is InChI=1S/C15H18N2O3S/c1-11(2)17(9-12-5-4-8-21-12)15(20)13-6-3-7-16(13)10-14(18)19/h3-8,11H,9-10H2,1-2H3,(H,18,19). The highest BCUT2D eigenvalue weighted by Crippen LogP contribution is 2.17. The summed E-state index contributed by atoms with van der Waals surface area (Å²) in [6, 6.07) is 7.34. The minimum Gasteiger partial charge on any atom is -0.480 e. The summed E-state index contributed by atoms with van der Waals surface area (Å²) < 4.78 is 1.47. The molecule has 0 aliphatic heterocycles. The van der Waals surface area contributed by atoms with Crippen LogP contribution in [0.25, 0.3) is 0 Å². The Bertz CT molecular complexity index is 617. The van der Waals surface area contributed by atoms with Gasteiger partial charge in [-0.2, -0.15) is 0 Å². The second-order valence-corrected chi connectivity index (χ2v) is 6.05. The summed E-state index contributed by atoms with van der Waals surface area (Å²) in [6.45, 7) is 4.23. The van der Waals surface area contributed by atoms with Crippen molar-refractivity contribution in [1.29, 1.82) is 0 Å². The molecule has 1 amide bonds. The fourth-order valence-electron chi connectivity index (χ4n) is 2.10. The maximum absolute atomic E-state index is 12.7. The fourth-order valence-corrected chi connectivity index (χ4v) is 2.80. The molecule has 2 aromatic heterocycles. The number of aliphatic carboxylic acids is 1. The molecule has 0 fully saturated rings. The molecule has 5 nitrogen and oxygen atoms in total. The molecule has 0 bridgehead atoms. The fraction of sp³-hybridized carbons (Fsp3) is 0.333. The molecule has 0 aliphatic carbocycles. The Kier molecular flexibility index (Phi) is 4.80. The normalized spacial score (nSPS) is 10.8. The van der Waals surface area contributed by atoms with E-state index >= 15 is 0 Å². The van der Waals surface area contributed by atoms with Gasteiger partial charge in [-0.15, -0.1) is 11.3 Å². The number of rotatable bonds is 6. The minimum absolute atomic E-state index is 0.0350. The predicted octanol–water partition coefficient (Wildman–Crippen LogP) is 2.69. The summed E-state index contributed by atoms with van der Waals surface area (Å²) in [5.74, 6) is -1.11. The summed E-state index contributed by atoms with van der Waals surface area (Å²) >= 11 is 1.60. The van der Waals surface area contributed by atoms with Crippen LogP contribution in [0.1, 0.15) is 29.2 Å². The largest absolute Gasteiger partial charge is 0.480 e. The maximum Gasteiger partial charge on any atom is 0.323 e. The van der Waals surface area contributed by atoms with Crippen molar-refractivity contribution in [2.75, 3.05) is 0 Å².